The third-order valence-corrected chi connectivity index (χ3v) is 3.37. The van der Waals surface area contributed by atoms with Crippen LogP contribution in [0.2, 0.25) is 0 Å². The van der Waals surface area contributed by atoms with E-state index in [1.165, 1.54) is 0 Å². The number of cyclic esters (lactones) is 1. The highest BCUT2D eigenvalue weighted by Gasteiger charge is 2.31. The number of aliphatic hydroxyl groups excluding tert-OH is 1. The van der Waals surface area contributed by atoms with Gasteiger partial charge in [0.25, 0.3) is 0 Å². The van der Waals surface area contributed by atoms with Crippen LogP contribution in [0.1, 0.15) is 33.6 Å². The number of nitrogens with two attached hydrogens (primary N) is 1. The Balaban J connectivity index is 2.67. The summed E-state index contributed by atoms with van der Waals surface area (Å²) in [6, 6.07) is -0.761. The van der Waals surface area contributed by atoms with Crippen molar-refractivity contribution in [1.29, 1.82) is 0 Å². The molecule has 0 radical (unpaired) electrons. The zero-order chi connectivity index (χ0) is 13.7. The van der Waals surface area contributed by atoms with E-state index in [4.69, 9.17) is 15.2 Å². The van der Waals surface area contributed by atoms with E-state index in [0.29, 0.717) is 5.92 Å². The summed E-state index contributed by atoms with van der Waals surface area (Å²) in [6.45, 7) is 6.37. The Bertz CT molecular complexity index is 270. The van der Waals surface area contributed by atoms with Crippen LogP contribution in [0.15, 0.2) is 0 Å². The summed E-state index contributed by atoms with van der Waals surface area (Å²) in [7, 11) is 0. The van der Waals surface area contributed by atoms with Crippen molar-refractivity contribution in [3.63, 3.8) is 0 Å². The van der Waals surface area contributed by atoms with Crippen molar-refractivity contribution in [2.45, 2.75) is 51.9 Å². The molecule has 1 heterocycles. The van der Waals surface area contributed by atoms with Gasteiger partial charge in [-0.3, -0.25) is 4.79 Å². The molecule has 0 aliphatic carbocycles. The number of carbonyl (C=O) groups excluding carboxylic acids is 1. The first-order chi connectivity index (χ1) is 8.41. The largest absolute Gasteiger partial charge is 0.461 e. The second kappa shape index (κ2) is 7.07. The molecule has 1 saturated heterocycles. The monoisotopic (exact) mass is 259 g/mol. The van der Waals surface area contributed by atoms with E-state index >= 15 is 0 Å². The molecular weight excluding hydrogens is 234 g/mol. The molecule has 0 spiro atoms. The molecule has 0 aromatic rings. The van der Waals surface area contributed by atoms with Crippen molar-refractivity contribution >= 4 is 5.97 Å². The summed E-state index contributed by atoms with van der Waals surface area (Å²) in [6.07, 6.45) is 0.845. The fourth-order valence-corrected chi connectivity index (χ4v) is 2.13. The first-order valence-electron chi connectivity index (χ1n) is 6.63. The number of ether oxygens (including phenoxy) is 2. The predicted molar refractivity (Wildman–Crippen MR) is 67.9 cm³/mol. The van der Waals surface area contributed by atoms with E-state index in [9.17, 15) is 9.90 Å². The molecule has 3 N–H and O–H groups in total. The van der Waals surface area contributed by atoms with E-state index in [1.54, 1.807) is 0 Å². The molecule has 0 aromatic carbocycles. The van der Waals surface area contributed by atoms with Gasteiger partial charge in [-0.2, -0.15) is 0 Å². The van der Waals surface area contributed by atoms with Gasteiger partial charge in [-0.05, 0) is 19.3 Å². The van der Waals surface area contributed by atoms with Gasteiger partial charge in [0.05, 0.1) is 19.3 Å². The first-order valence-corrected chi connectivity index (χ1v) is 6.63. The Hall–Kier alpha value is -0.650. The maximum Gasteiger partial charge on any atom is 0.325 e. The van der Waals surface area contributed by atoms with Gasteiger partial charge in [-0.1, -0.05) is 20.3 Å². The molecule has 0 aromatic heterocycles. The lowest BCUT2D eigenvalue weighted by Gasteiger charge is -2.27. The molecule has 1 rings (SSSR count). The van der Waals surface area contributed by atoms with Crippen LogP contribution < -0.4 is 5.73 Å². The van der Waals surface area contributed by atoms with Gasteiger partial charge in [0.1, 0.15) is 12.1 Å². The minimum atomic E-state index is -0.761. The SMILES string of the molecule is CC(C)CC[C@H]1[C@H](C)OC(=O)[C@@H](N)COC[C@@H]1O. The lowest BCUT2D eigenvalue weighted by Crippen LogP contribution is -2.39. The molecule has 1 fully saturated rings. The zero-order valence-corrected chi connectivity index (χ0v) is 11.5. The van der Waals surface area contributed by atoms with Crippen molar-refractivity contribution in [3.8, 4) is 0 Å². The Kier molecular flexibility index (Phi) is 6.05. The smallest absolute Gasteiger partial charge is 0.325 e. The minimum absolute atomic E-state index is 0.0957. The Labute approximate surface area is 109 Å². The second-order valence-corrected chi connectivity index (χ2v) is 5.49. The fourth-order valence-electron chi connectivity index (χ4n) is 2.13. The number of aliphatic hydroxyl groups is 1. The third-order valence-electron chi connectivity index (χ3n) is 3.37. The Morgan fingerprint density at radius 2 is 2.11 bits per heavy atom. The van der Waals surface area contributed by atoms with Crippen molar-refractivity contribution in [2.24, 2.45) is 17.6 Å². The summed E-state index contributed by atoms with van der Waals surface area (Å²) >= 11 is 0. The number of carbonyl (C=O) groups is 1. The molecule has 4 atom stereocenters. The summed E-state index contributed by atoms with van der Waals surface area (Å²) in [5.74, 6) is 0.00343. The minimum Gasteiger partial charge on any atom is -0.461 e. The van der Waals surface area contributed by atoms with Gasteiger partial charge in [0.15, 0.2) is 0 Å². The normalized spacial score (nSPS) is 34.7. The average molecular weight is 259 g/mol. The number of rotatable bonds is 3. The molecule has 0 bridgehead atoms. The van der Waals surface area contributed by atoms with Gasteiger partial charge in [0.2, 0.25) is 0 Å². The molecule has 18 heavy (non-hydrogen) atoms. The van der Waals surface area contributed by atoms with Gasteiger partial charge in [-0.25, -0.2) is 0 Å². The topological polar surface area (TPSA) is 81.8 Å². The highest BCUT2D eigenvalue weighted by atomic mass is 16.6. The summed E-state index contributed by atoms with van der Waals surface area (Å²) in [4.78, 5) is 11.6. The van der Waals surface area contributed by atoms with Gasteiger partial charge in [-0.15, -0.1) is 0 Å². The summed E-state index contributed by atoms with van der Waals surface area (Å²) in [5, 5.41) is 10.1. The van der Waals surface area contributed by atoms with Crippen molar-refractivity contribution < 1.29 is 19.4 Å². The van der Waals surface area contributed by atoms with Crippen LogP contribution in [0.25, 0.3) is 0 Å². The maximum absolute atomic E-state index is 11.6. The third kappa shape index (κ3) is 4.55. The summed E-state index contributed by atoms with van der Waals surface area (Å²) in [5.41, 5.74) is 5.61. The van der Waals surface area contributed by atoms with Gasteiger partial charge < -0.3 is 20.3 Å². The van der Waals surface area contributed by atoms with Crippen LogP contribution in [-0.2, 0) is 14.3 Å². The van der Waals surface area contributed by atoms with E-state index in [2.05, 4.69) is 13.8 Å². The Morgan fingerprint density at radius 3 is 2.72 bits per heavy atom. The highest BCUT2D eigenvalue weighted by molar-refractivity contribution is 5.75. The highest BCUT2D eigenvalue weighted by Crippen LogP contribution is 2.23. The lowest BCUT2D eigenvalue weighted by atomic mass is 9.89. The molecule has 0 saturated carbocycles. The van der Waals surface area contributed by atoms with Crippen molar-refractivity contribution in [3.05, 3.63) is 0 Å². The predicted octanol–water partition coefficient (Wildman–Crippen LogP) is 0.689. The van der Waals surface area contributed by atoms with Crippen LogP contribution in [0.3, 0.4) is 0 Å². The van der Waals surface area contributed by atoms with Crippen LogP contribution >= 0.6 is 0 Å². The fraction of sp³-hybridized carbons (Fsp3) is 0.923. The second-order valence-electron chi connectivity index (χ2n) is 5.49. The number of esters is 1. The molecule has 0 amide bonds. The first kappa shape index (κ1) is 15.4. The molecule has 106 valence electrons. The Morgan fingerprint density at radius 1 is 1.44 bits per heavy atom. The zero-order valence-electron chi connectivity index (χ0n) is 11.5. The molecule has 1 aliphatic rings. The molecule has 1 aliphatic heterocycles. The van der Waals surface area contributed by atoms with E-state index in [1.807, 2.05) is 6.92 Å². The molecule has 5 nitrogen and oxygen atoms in total. The van der Waals surface area contributed by atoms with Crippen molar-refractivity contribution in [2.75, 3.05) is 13.2 Å². The average Bonchev–Trinajstić information content (AvgIpc) is 2.31. The standard InChI is InChI=1S/C13H25NO4/c1-8(2)4-5-10-9(3)18-13(16)11(14)6-17-7-12(10)15/h8-12,15H,4-7,14H2,1-3H3/t9-,10-,11-,12-/m0/s1. The molecule has 5 heteroatoms. The molecular formula is C13H25NO4. The van der Waals surface area contributed by atoms with E-state index in [-0.39, 0.29) is 25.2 Å². The maximum atomic E-state index is 11.6. The van der Waals surface area contributed by atoms with Crippen LogP contribution in [0.5, 0.6) is 0 Å². The van der Waals surface area contributed by atoms with Crippen LogP contribution in [-0.4, -0.2) is 42.5 Å². The molecule has 0 unspecified atom stereocenters. The number of hydrogen-bond donors (Lipinski definition) is 2. The lowest BCUT2D eigenvalue weighted by molar-refractivity contribution is -0.153. The van der Waals surface area contributed by atoms with Crippen LogP contribution in [0, 0.1) is 11.8 Å². The van der Waals surface area contributed by atoms with Crippen molar-refractivity contribution in [1.82, 2.24) is 0 Å². The van der Waals surface area contributed by atoms with E-state index in [0.717, 1.165) is 12.8 Å². The van der Waals surface area contributed by atoms with Crippen LogP contribution in [0.4, 0.5) is 0 Å². The summed E-state index contributed by atoms with van der Waals surface area (Å²) < 4.78 is 10.6. The van der Waals surface area contributed by atoms with Gasteiger partial charge >= 0.3 is 5.97 Å². The number of hydrogen-bond acceptors (Lipinski definition) is 5. The quantitative estimate of drug-likeness (QED) is 0.729. The van der Waals surface area contributed by atoms with Gasteiger partial charge in [0, 0.05) is 5.92 Å². The van der Waals surface area contributed by atoms with E-state index < -0.39 is 18.1 Å².